The van der Waals surface area contributed by atoms with Crippen LogP contribution < -0.4 is 5.32 Å². The van der Waals surface area contributed by atoms with E-state index in [-0.39, 0.29) is 5.91 Å². The lowest BCUT2D eigenvalue weighted by atomic mass is 10.1. The molecule has 0 spiro atoms. The molecule has 0 atom stereocenters. The average Bonchev–Trinajstić information content (AvgIpc) is 2.31. The van der Waals surface area contributed by atoms with Crippen LogP contribution in [0.5, 0.6) is 0 Å². The fraction of sp³-hybridized carbons (Fsp3) is 0.0714. The second-order valence-electron chi connectivity index (χ2n) is 3.61. The number of carbonyl (C=O) groups excluding carboxylic acids is 1. The summed E-state index contributed by atoms with van der Waals surface area (Å²) in [5.41, 5.74) is 2.56. The molecule has 0 saturated heterocycles. The Bertz CT molecular complexity index is 474. The van der Waals surface area contributed by atoms with Crippen molar-refractivity contribution < 1.29 is 4.79 Å². The van der Waals surface area contributed by atoms with Crippen LogP contribution in [0.4, 0.5) is 5.69 Å². The zero-order valence-electron chi connectivity index (χ0n) is 9.03. The molecule has 2 aromatic rings. The number of benzene rings is 2. The summed E-state index contributed by atoms with van der Waals surface area (Å²) >= 11 is 0. The van der Waals surface area contributed by atoms with Gasteiger partial charge in [0.15, 0.2) is 0 Å². The molecule has 0 aliphatic carbocycles. The summed E-state index contributed by atoms with van der Waals surface area (Å²) < 4.78 is 0. The lowest BCUT2D eigenvalue weighted by Crippen LogP contribution is -2.11. The molecular formula is C14H12NO. The van der Waals surface area contributed by atoms with E-state index in [1.54, 1.807) is 12.1 Å². The standard InChI is InChI=1S/C14H12NO/c1-11-7-9-12(10-8-11)14(16)15-13-5-3-2-4-6-13/h2-3,5-10H,1H3,(H,15,16). The Hall–Kier alpha value is -2.09. The van der Waals surface area contributed by atoms with Crippen LogP contribution in [0, 0.1) is 13.0 Å². The van der Waals surface area contributed by atoms with Crippen LogP contribution in [0.3, 0.4) is 0 Å². The molecule has 0 aliphatic heterocycles. The van der Waals surface area contributed by atoms with Crippen molar-refractivity contribution >= 4 is 11.6 Å². The van der Waals surface area contributed by atoms with E-state index in [1.807, 2.05) is 43.3 Å². The zero-order chi connectivity index (χ0) is 11.4. The second kappa shape index (κ2) is 4.62. The molecule has 0 fully saturated rings. The Labute approximate surface area is 94.9 Å². The Morgan fingerprint density at radius 2 is 1.94 bits per heavy atom. The number of hydrogen-bond donors (Lipinski definition) is 1. The van der Waals surface area contributed by atoms with Crippen LogP contribution in [-0.4, -0.2) is 5.91 Å². The molecule has 0 saturated carbocycles. The number of nitrogens with one attached hydrogen (secondary N) is 1. The lowest BCUT2D eigenvalue weighted by Gasteiger charge is -2.04. The number of hydrogen-bond acceptors (Lipinski definition) is 1. The Balaban J connectivity index is 2.12. The molecule has 0 unspecified atom stereocenters. The number of anilines is 1. The van der Waals surface area contributed by atoms with E-state index in [4.69, 9.17) is 0 Å². The predicted molar refractivity (Wildman–Crippen MR) is 64.4 cm³/mol. The SMILES string of the molecule is Cc1ccc(C(=O)Nc2c[c]ccc2)cc1. The highest BCUT2D eigenvalue weighted by molar-refractivity contribution is 6.04. The third-order valence-corrected chi connectivity index (χ3v) is 2.28. The van der Waals surface area contributed by atoms with Gasteiger partial charge in [-0.25, -0.2) is 0 Å². The second-order valence-corrected chi connectivity index (χ2v) is 3.61. The maximum absolute atomic E-state index is 11.8. The van der Waals surface area contributed by atoms with Crippen LogP contribution in [-0.2, 0) is 0 Å². The van der Waals surface area contributed by atoms with Gasteiger partial charge < -0.3 is 5.32 Å². The van der Waals surface area contributed by atoms with Gasteiger partial charge in [0.1, 0.15) is 0 Å². The number of aryl methyl sites for hydroxylation is 1. The summed E-state index contributed by atoms with van der Waals surface area (Å²) in [6, 6.07) is 17.6. The maximum Gasteiger partial charge on any atom is 0.255 e. The largest absolute Gasteiger partial charge is 0.322 e. The molecule has 1 radical (unpaired) electrons. The summed E-state index contributed by atoms with van der Waals surface area (Å²) in [5.74, 6) is -0.0976. The van der Waals surface area contributed by atoms with E-state index < -0.39 is 0 Å². The third-order valence-electron chi connectivity index (χ3n) is 2.28. The van der Waals surface area contributed by atoms with Gasteiger partial charge in [-0.2, -0.15) is 0 Å². The van der Waals surface area contributed by atoms with Crippen LogP contribution in [0.1, 0.15) is 15.9 Å². The van der Waals surface area contributed by atoms with Crippen molar-refractivity contribution in [3.63, 3.8) is 0 Å². The predicted octanol–water partition coefficient (Wildman–Crippen LogP) is 3.05. The molecular weight excluding hydrogens is 198 g/mol. The van der Waals surface area contributed by atoms with Gasteiger partial charge in [0.05, 0.1) is 0 Å². The molecule has 0 aromatic heterocycles. The molecule has 2 nitrogen and oxygen atoms in total. The summed E-state index contributed by atoms with van der Waals surface area (Å²) in [6.45, 7) is 1.99. The van der Waals surface area contributed by atoms with E-state index in [2.05, 4.69) is 11.4 Å². The van der Waals surface area contributed by atoms with Crippen molar-refractivity contribution in [1.29, 1.82) is 0 Å². The first kappa shape index (κ1) is 10.4. The minimum absolute atomic E-state index is 0.0976. The van der Waals surface area contributed by atoms with Crippen molar-refractivity contribution in [1.82, 2.24) is 0 Å². The van der Waals surface area contributed by atoms with E-state index in [0.717, 1.165) is 11.3 Å². The van der Waals surface area contributed by atoms with Gasteiger partial charge in [-0.05, 0) is 37.3 Å². The summed E-state index contributed by atoms with van der Waals surface area (Å²) in [4.78, 5) is 11.8. The highest BCUT2D eigenvalue weighted by Gasteiger charge is 2.04. The van der Waals surface area contributed by atoms with Crippen LogP contribution in [0.15, 0.2) is 48.5 Å². The van der Waals surface area contributed by atoms with Gasteiger partial charge in [-0.15, -0.1) is 0 Å². The number of carbonyl (C=O) groups is 1. The van der Waals surface area contributed by atoms with Gasteiger partial charge >= 0.3 is 0 Å². The Morgan fingerprint density at radius 3 is 2.56 bits per heavy atom. The van der Waals surface area contributed by atoms with Crippen molar-refractivity contribution in [2.24, 2.45) is 0 Å². The van der Waals surface area contributed by atoms with E-state index in [1.165, 1.54) is 0 Å². The first-order chi connectivity index (χ1) is 7.75. The molecule has 1 amide bonds. The Morgan fingerprint density at radius 1 is 1.19 bits per heavy atom. The van der Waals surface area contributed by atoms with Crippen molar-refractivity contribution in [2.75, 3.05) is 5.32 Å². The van der Waals surface area contributed by atoms with Gasteiger partial charge in [0, 0.05) is 11.3 Å². The molecule has 2 rings (SSSR count). The molecule has 16 heavy (non-hydrogen) atoms. The lowest BCUT2D eigenvalue weighted by molar-refractivity contribution is 0.102. The van der Waals surface area contributed by atoms with Crippen LogP contribution >= 0.6 is 0 Å². The van der Waals surface area contributed by atoms with Crippen molar-refractivity contribution in [3.05, 3.63) is 65.7 Å². The maximum atomic E-state index is 11.8. The molecule has 0 aliphatic rings. The highest BCUT2D eigenvalue weighted by Crippen LogP contribution is 2.09. The smallest absolute Gasteiger partial charge is 0.255 e. The topological polar surface area (TPSA) is 29.1 Å². The fourth-order valence-corrected chi connectivity index (χ4v) is 1.38. The van der Waals surface area contributed by atoms with Crippen molar-refractivity contribution in [3.8, 4) is 0 Å². The van der Waals surface area contributed by atoms with Gasteiger partial charge in [0.2, 0.25) is 0 Å². The number of rotatable bonds is 2. The molecule has 2 aromatic carbocycles. The first-order valence-corrected chi connectivity index (χ1v) is 5.10. The van der Waals surface area contributed by atoms with Crippen LogP contribution in [0.2, 0.25) is 0 Å². The van der Waals surface area contributed by atoms with Gasteiger partial charge in [0.25, 0.3) is 5.91 Å². The molecule has 1 N–H and O–H groups in total. The first-order valence-electron chi connectivity index (χ1n) is 5.10. The van der Waals surface area contributed by atoms with Gasteiger partial charge in [-0.1, -0.05) is 29.8 Å². The molecule has 79 valence electrons. The minimum Gasteiger partial charge on any atom is -0.322 e. The van der Waals surface area contributed by atoms with E-state index >= 15 is 0 Å². The quantitative estimate of drug-likeness (QED) is 0.811. The molecule has 0 heterocycles. The normalized spacial score (nSPS) is 9.81. The minimum atomic E-state index is -0.0976. The average molecular weight is 210 g/mol. The summed E-state index contributed by atoms with van der Waals surface area (Å²) in [6.07, 6.45) is 0. The van der Waals surface area contributed by atoms with Gasteiger partial charge in [-0.3, -0.25) is 4.79 Å². The third kappa shape index (κ3) is 2.48. The van der Waals surface area contributed by atoms with E-state index in [9.17, 15) is 4.79 Å². The highest BCUT2D eigenvalue weighted by atomic mass is 16.1. The monoisotopic (exact) mass is 210 g/mol. The summed E-state index contributed by atoms with van der Waals surface area (Å²) in [5, 5.41) is 2.81. The Kier molecular flexibility index (Phi) is 3.01. The molecule has 0 bridgehead atoms. The molecule has 2 heteroatoms. The van der Waals surface area contributed by atoms with Crippen molar-refractivity contribution in [2.45, 2.75) is 6.92 Å². The summed E-state index contributed by atoms with van der Waals surface area (Å²) in [7, 11) is 0. The zero-order valence-corrected chi connectivity index (χ0v) is 9.03. The van der Waals surface area contributed by atoms with E-state index in [0.29, 0.717) is 5.56 Å². The fourth-order valence-electron chi connectivity index (χ4n) is 1.38. The number of amides is 1. The van der Waals surface area contributed by atoms with Crippen LogP contribution in [0.25, 0.3) is 0 Å².